The maximum absolute atomic E-state index is 5.03. The predicted octanol–water partition coefficient (Wildman–Crippen LogP) is 4.61. The highest BCUT2D eigenvalue weighted by Crippen LogP contribution is 2.38. The molecule has 0 spiro atoms. The van der Waals surface area contributed by atoms with Gasteiger partial charge in [0.1, 0.15) is 0 Å². The summed E-state index contributed by atoms with van der Waals surface area (Å²) >= 11 is 0. The molecule has 1 aromatic carbocycles. The molecule has 0 amide bonds. The maximum Gasteiger partial charge on any atom is 0.0790 e. The third-order valence-electron chi connectivity index (χ3n) is 3.88. The van der Waals surface area contributed by atoms with Gasteiger partial charge in [-0.1, -0.05) is 58.0 Å². The molecule has 0 heterocycles. The van der Waals surface area contributed by atoms with Gasteiger partial charge in [0, 0.05) is 0 Å². The molecule has 1 nitrogen and oxygen atoms in total. The summed E-state index contributed by atoms with van der Waals surface area (Å²) in [6.45, 7) is 9.11. The van der Waals surface area contributed by atoms with E-state index >= 15 is 0 Å². The zero-order valence-electron chi connectivity index (χ0n) is 11.6. The first-order valence-electron chi connectivity index (χ1n) is 6.24. The Morgan fingerprint density at radius 1 is 1.12 bits per heavy atom. The molecule has 0 fully saturated rings. The van der Waals surface area contributed by atoms with E-state index in [1.807, 2.05) is 0 Å². The van der Waals surface area contributed by atoms with Crippen LogP contribution in [0.3, 0.4) is 0 Å². The summed E-state index contributed by atoms with van der Waals surface area (Å²) in [5, 5.41) is 0. The lowest BCUT2D eigenvalue weighted by atomic mass is 9.71. The standard InChI is InChI=1S/C16H24O/c1-13(15-9-7-6-8-10-15)14(2)16(3,4)11-12-17-5/h6-14H,1-5H3/b12-11+/t13-,14?/m1/s1. The van der Waals surface area contributed by atoms with E-state index in [1.165, 1.54) is 5.56 Å². The van der Waals surface area contributed by atoms with Gasteiger partial charge in [-0.25, -0.2) is 0 Å². The van der Waals surface area contributed by atoms with Crippen molar-refractivity contribution in [3.8, 4) is 0 Å². The molecule has 0 aliphatic rings. The van der Waals surface area contributed by atoms with Crippen molar-refractivity contribution in [3.05, 3.63) is 48.2 Å². The van der Waals surface area contributed by atoms with Crippen LogP contribution in [-0.2, 0) is 4.74 Å². The van der Waals surface area contributed by atoms with Gasteiger partial charge >= 0.3 is 0 Å². The fourth-order valence-electron chi connectivity index (χ4n) is 2.08. The summed E-state index contributed by atoms with van der Waals surface area (Å²) in [6.07, 6.45) is 3.94. The van der Waals surface area contributed by atoms with Crippen LogP contribution in [0.25, 0.3) is 0 Å². The second-order valence-electron chi connectivity index (χ2n) is 5.35. The average Bonchev–Trinajstić information content (AvgIpc) is 2.35. The van der Waals surface area contributed by atoms with Crippen LogP contribution in [-0.4, -0.2) is 7.11 Å². The van der Waals surface area contributed by atoms with E-state index in [0.29, 0.717) is 11.8 Å². The van der Waals surface area contributed by atoms with Crippen molar-refractivity contribution in [2.24, 2.45) is 11.3 Å². The van der Waals surface area contributed by atoms with Crippen LogP contribution in [0.1, 0.15) is 39.2 Å². The van der Waals surface area contributed by atoms with Gasteiger partial charge in [-0.3, -0.25) is 0 Å². The minimum absolute atomic E-state index is 0.130. The molecule has 0 saturated carbocycles. The second kappa shape index (κ2) is 5.90. The predicted molar refractivity (Wildman–Crippen MR) is 74.0 cm³/mol. The molecule has 2 atom stereocenters. The SMILES string of the molecule is CO/C=C/C(C)(C)C(C)[C@@H](C)c1ccccc1. The molecule has 0 aliphatic heterocycles. The smallest absolute Gasteiger partial charge is 0.0790 e. The summed E-state index contributed by atoms with van der Waals surface area (Å²) in [4.78, 5) is 0. The fraction of sp³-hybridized carbons (Fsp3) is 0.500. The highest BCUT2D eigenvalue weighted by Gasteiger charge is 2.28. The first-order chi connectivity index (χ1) is 7.99. The Hall–Kier alpha value is -1.24. The zero-order valence-corrected chi connectivity index (χ0v) is 11.6. The number of allylic oxidation sites excluding steroid dienone is 1. The first-order valence-corrected chi connectivity index (χ1v) is 6.24. The topological polar surface area (TPSA) is 9.23 Å². The van der Waals surface area contributed by atoms with Gasteiger partial charge in [0.05, 0.1) is 13.4 Å². The van der Waals surface area contributed by atoms with E-state index in [2.05, 4.69) is 64.1 Å². The van der Waals surface area contributed by atoms with Crippen LogP contribution in [0.5, 0.6) is 0 Å². The Morgan fingerprint density at radius 3 is 2.24 bits per heavy atom. The van der Waals surface area contributed by atoms with Crippen LogP contribution < -0.4 is 0 Å². The van der Waals surface area contributed by atoms with Crippen molar-refractivity contribution < 1.29 is 4.74 Å². The summed E-state index contributed by atoms with van der Waals surface area (Å²) in [5.74, 6) is 1.09. The van der Waals surface area contributed by atoms with E-state index in [0.717, 1.165) is 0 Å². The lowest BCUT2D eigenvalue weighted by Gasteiger charge is -2.33. The molecule has 1 unspecified atom stereocenters. The number of methoxy groups -OCH3 is 1. The van der Waals surface area contributed by atoms with Gasteiger partial charge in [0.2, 0.25) is 0 Å². The zero-order chi connectivity index (χ0) is 12.9. The molecule has 0 bridgehead atoms. The third-order valence-corrected chi connectivity index (χ3v) is 3.88. The van der Waals surface area contributed by atoms with Crippen molar-refractivity contribution in [2.75, 3.05) is 7.11 Å². The largest absolute Gasteiger partial charge is 0.505 e. The molecular formula is C16H24O. The number of hydrogen-bond donors (Lipinski definition) is 0. The summed E-state index contributed by atoms with van der Waals surface area (Å²) in [6, 6.07) is 10.7. The molecule has 94 valence electrons. The third kappa shape index (κ3) is 3.62. The van der Waals surface area contributed by atoms with Crippen molar-refractivity contribution in [1.29, 1.82) is 0 Å². The van der Waals surface area contributed by atoms with Crippen LogP contribution >= 0.6 is 0 Å². The minimum Gasteiger partial charge on any atom is -0.505 e. The molecule has 0 saturated heterocycles. The molecule has 1 heteroatoms. The van der Waals surface area contributed by atoms with Gasteiger partial charge in [0.15, 0.2) is 0 Å². The quantitative estimate of drug-likeness (QED) is 0.673. The number of ether oxygens (including phenoxy) is 1. The Kier molecular flexibility index (Phi) is 4.80. The Labute approximate surface area is 106 Å². The molecule has 0 aliphatic carbocycles. The van der Waals surface area contributed by atoms with Gasteiger partial charge in [0.25, 0.3) is 0 Å². The van der Waals surface area contributed by atoms with Crippen LogP contribution in [0.4, 0.5) is 0 Å². The van der Waals surface area contributed by atoms with Gasteiger partial charge in [-0.15, -0.1) is 0 Å². The lowest BCUT2D eigenvalue weighted by Crippen LogP contribution is -2.24. The second-order valence-corrected chi connectivity index (χ2v) is 5.35. The summed E-state index contributed by atoms with van der Waals surface area (Å²) in [5.41, 5.74) is 1.53. The van der Waals surface area contributed by atoms with Crippen molar-refractivity contribution in [1.82, 2.24) is 0 Å². The minimum atomic E-state index is 0.130. The number of rotatable bonds is 5. The molecule has 0 radical (unpaired) electrons. The molecule has 17 heavy (non-hydrogen) atoms. The fourth-order valence-corrected chi connectivity index (χ4v) is 2.08. The normalized spacial score (nSPS) is 15.8. The molecule has 1 aromatic rings. The monoisotopic (exact) mass is 232 g/mol. The molecule has 0 aromatic heterocycles. The first kappa shape index (κ1) is 13.8. The Bertz CT molecular complexity index is 351. The van der Waals surface area contributed by atoms with E-state index in [-0.39, 0.29) is 5.41 Å². The molecule has 0 N–H and O–H groups in total. The van der Waals surface area contributed by atoms with Crippen molar-refractivity contribution in [3.63, 3.8) is 0 Å². The van der Waals surface area contributed by atoms with E-state index in [1.54, 1.807) is 13.4 Å². The Morgan fingerprint density at radius 2 is 1.71 bits per heavy atom. The van der Waals surface area contributed by atoms with E-state index < -0.39 is 0 Å². The Balaban J connectivity index is 2.82. The molecular weight excluding hydrogens is 208 g/mol. The van der Waals surface area contributed by atoms with E-state index in [4.69, 9.17) is 4.74 Å². The van der Waals surface area contributed by atoms with E-state index in [9.17, 15) is 0 Å². The summed E-state index contributed by atoms with van der Waals surface area (Å²) in [7, 11) is 1.69. The highest BCUT2D eigenvalue weighted by atomic mass is 16.5. The number of benzene rings is 1. The molecule has 1 rings (SSSR count). The summed E-state index contributed by atoms with van der Waals surface area (Å²) < 4.78 is 5.03. The maximum atomic E-state index is 5.03. The van der Waals surface area contributed by atoms with Gasteiger partial charge in [-0.05, 0) is 28.9 Å². The van der Waals surface area contributed by atoms with Crippen molar-refractivity contribution >= 4 is 0 Å². The van der Waals surface area contributed by atoms with Crippen LogP contribution in [0, 0.1) is 11.3 Å². The van der Waals surface area contributed by atoms with Crippen LogP contribution in [0.15, 0.2) is 42.7 Å². The van der Waals surface area contributed by atoms with Gasteiger partial charge < -0.3 is 4.74 Å². The number of hydrogen-bond acceptors (Lipinski definition) is 1. The lowest BCUT2D eigenvalue weighted by molar-refractivity contribution is 0.254. The van der Waals surface area contributed by atoms with Gasteiger partial charge in [-0.2, -0.15) is 0 Å². The van der Waals surface area contributed by atoms with Crippen molar-refractivity contribution in [2.45, 2.75) is 33.6 Å². The van der Waals surface area contributed by atoms with Crippen LogP contribution in [0.2, 0.25) is 0 Å². The highest BCUT2D eigenvalue weighted by molar-refractivity contribution is 5.20. The average molecular weight is 232 g/mol.